The van der Waals surface area contributed by atoms with E-state index in [9.17, 15) is 4.79 Å². The number of benzene rings is 1. The number of hydrogen-bond donors (Lipinski definition) is 2. The van der Waals surface area contributed by atoms with Crippen LogP contribution in [0.1, 0.15) is 32.8 Å². The lowest BCUT2D eigenvalue weighted by molar-refractivity contribution is -0.125. The minimum Gasteiger partial charge on any atom is -0.488 e. The first-order valence-electron chi connectivity index (χ1n) is 7.61. The summed E-state index contributed by atoms with van der Waals surface area (Å²) in [4.78, 5) is 12.2. The fourth-order valence-electron chi connectivity index (χ4n) is 2.75. The molecule has 0 aliphatic carbocycles. The average Bonchev–Trinajstić information content (AvgIpc) is 2.84. The summed E-state index contributed by atoms with van der Waals surface area (Å²) >= 11 is 0. The maximum atomic E-state index is 12.2. The van der Waals surface area contributed by atoms with Gasteiger partial charge in [-0.05, 0) is 23.5 Å². The number of nitrogens with two attached hydrogens (primary N) is 1. The van der Waals surface area contributed by atoms with Gasteiger partial charge in [0.15, 0.2) is 0 Å². The smallest absolute Gasteiger partial charge is 0.224 e. The van der Waals surface area contributed by atoms with Gasteiger partial charge in [-0.15, -0.1) is 0 Å². The third-order valence-electron chi connectivity index (χ3n) is 3.73. The minimum absolute atomic E-state index is 0.0272. The highest BCUT2D eigenvalue weighted by atomic mass is 16.5. The first kappa shape index (κ1) is 15.8. The van der Waals surface area contributed by atoms with E-state index in [0.29, 0.717) is 13.1 Å². The summed E-state index contributed by atoms with van der Waals surface area (Å²) in [6, 6.07) is 8.02. The van der Waals surface area contributed by atoms with Gasteiger partial charge in [0.2, 0.25) is 5.91 Å². The van der Waals surface area contributed by atoms with Crippen molar-refractivity contribution in [1.82, 2.24) is 5.32 Å². The van der Waals surface area contributed by atoms with Crippen LogP contribution in [0.5, 0.6) is 5.75 Å². The molecule has 0 spiro atoms. The van der Waals surface area contributed by atoms with Crippen molar-refractivity contribution in [3.8, 4) is 5.75 Å². The molecular weight excluding hydrogens is 264 g/mol. The fourth-order valence-corrected chi connectivity index (χ4v) is 2.75. The Kier molecular flexibility index (Phi) is 4.88. The Bertz CT molecular complexity index is 469. The largest absolute Gasteiger partial charge is 0.488 e. The standard InChI is InChI=1S/C17H26N2O2/c1-17(2,3)9-13(10-18)16(20)19-11-14-8-12-6-4-5-7-15(12)21-14/h4-7,13-14H,8-11,18H2,1-3H3,(H,19,20). The molecule has 2 atom stereocenters. The molecule has 4 nitrogen and oxygen atoms in total. The third-order valence-corrected chi connectivity index (χ3v) is 3.73. The van der Waals surface area contributed by atoms with Crippen molar-refractivity contribution in [3.63, 3.8) is 0 Å². The monoisotopic (exact) mass is 290 g/mol. The molecule has 2 rings (SSSR count). The van der Waals surface area contributed by atoms with Crippen LogP contribution in [0.4, 0.5) is 0 Å². The van der Waals surface area contributed by atoms with Crippen molar-refractivity contribution in [2.24, 2.45) is 17.1 Å². The van der Waals surface area contributed by atoms with Crippen LogP contribution in [0.15, 0.2) is 24.3 Å². The van der Waals surface area contributed by atoms with Crippen molar-refractivity contribution >= 4 is 5.91 Å². The molecule has 1 amide bonds. The molecule has 2 unspecified atom stereocenters. The molecule has 0 bridgehead atoms. The predicted molar refractivity (Wildman–Crippen MR) is 84.2 cm³/mol. The highest BCUT2D eigenvalue weighted by Gasteiger charge is 2.26. The van der Waals surface area contributed by atoms with Crippen LogP contribution in [-0.4, -0.2) is 25.1 Å². The van der Waals surface area contributed by atoms with Gasteiger partial charge in [0.05, 0.1) is 12.5 Å². The number of nitrogens with one attached hydrogen (secondary N) is 1. The lowest BCUT2D eigenvalue weighted by Crippen LogP contribution is -2.41. The molecule has 4 heteroatoms. The second kappa shape index (κ2) is 6.48. The van der Waals surface area contributed by atoms with E-state index in [1.807, 2.05) is 18.2 Å². The molecule has 3 N–H and O–H groups in total. The SMILES string of the molecule is CC(C)(C)CC(CN)C(=O)NCC1Cc2ccccc2O1. The van der Waals surface area contributed by atoms with Gasteiger partial charge in [-0.2, -0.15) is 0 Å². The summed E-state index contributed by atoms with van der Waals surface area (Å²) in [6.07, 6.45) is 1.67. The molecule has 0 saturated carbocycles. The summed E-state index contributed by atoms with van der Waals surface area (Å²) in [6.45, 7) is 7.29. The van der Waals surface area contributed by atoms with Gasteiger partial charge in [-0.3, -0.25) is 4.79 Å². The molecule has 1 aliphatic heterocycles. The second-order valence-corrected chi connectivity index (χ2v) is 6.99. The van der Waals surface area contributed by atoms with Crippen LogP contribution in [0.25, 0.3) is 0 Å². The van der Waals surface area contributed by atoms with Crippen LogP contribution < -0.4 is 15.8 Å². The maximum absolute atomic E-state index is 12.2. The number of fused-ring (bicyclic) bond motifs is 1. The Labute approximate surface area is 127 Å². The molecule has 0 radical (unpaired) electrons. The zero-order valence-electron chi connectivity index (χ0n) is 13.2. The van der Waals surface area contributed by atoms with Crippen molar-refractivity contribution in [2.45, 2.75) is 39.7 Å². The first-order valence-corrected chi connectivity index (χ1v) is 7.61. The van der Waals surface area contributed by atoms with E-state index < -0.39 is 0 Å². The zero-order chi connectivity index (χ0) is 15.5. The molecule has 1 aliphatic rings. The van der Waals surface area contributed by atoms with E-state index in [2.05, 4.69) is 32.2 Å². The number of carbonyl (C=O) groups is 1. The number of carbonyl (C=O) groups excluding carboxylic acids is 1. The van der Waals surface area contributed by atoms with Crippen LogP contribution >= 0.6 is 0 Å². The summed E-state index contributed by atoms with van der Waals surface area (Å²) in [5.41, 5.74) is 7.05. The zero-order valence-corrected chi connectivity index (χ0v) is 13.2. The Morgan fingerprint density at radius 1 is 1.43 bits per heavy atom. The maximum Gasteiger partial charge on any atom is 0.224 e. The quantitative estimate of drug-likeness (QED) is 0.873. The number of rotatable bonds is 5. The van der Waals surface area contributed by atoms with Crippen molar-refractivity contribution in [1.29, 1.82) is 0 Å². The van der Waals surface area contributed by atoms with Gasteiger partial charge < -0.3 is 15.8 Å². The van der Waals surface area contributed by atoms with Crippen LogP contribution in [0.2, 0.25) is 0 Å². The summed E-state index contributed by atoms with van der Waals surface area (Å²) < 4.78 is 5.83. The average molecular weight is 290 g/mol. The molecule has 1 heterocycles. The van der Waals surface area contributed by atoms with E-state index in [1.54, 1.807) is 0 Å². The number of para-hydroxylation sites is 1. The van der Waals surface area contributed by atoms with Crippen molar-refractivity contribution in [3.05, 3.63) is 29.8 Å². The van der Waals surface area contributed by atoms with Crippen molar-refractivity contribution in [2.75, 3.05) is 13.1 Å². The van der Waals surface area contributed by atoms with Crippen LogP contribution in [0.3, 0.4) is 0 Å². The normalized spacial score (nSPS) is 18.8. The van der Waals surface area contributed by atoms with E-state index in [4.69, 9.17) is 10.5 Å². The highest BCUT2D eigenvalue weighted by molar-refractivity contribution is 5.79. The predicted octanol–water partition coefficient (Wildman–Crippen LogP) is 2.12. The van der Waals surface area contributed by atoms with Crippen molar-refractivity contribution < 1.29 is 9.53 Å². The first-order chi connectivity index (χ1) is 9.89. The molecule has 1 aromatic rings. The number of amides is 1. The molecule has 0 fully saturated rings. The van der Waals surface area contributed by atoms with E-state index >= 15 is 0 Å². The van der Waals surface area contributed by atoms with Gasteiger partial charge in [-0.25, -0.2) is 0 Å². The molecule has 0 aromatic heterocycles. The van der Waals surface area contributed by atoms with Gasteiger partial charge in [0.25, 0.3) is 0 Å². The summed E-state index contributed by atoms with van der Waals surface area (Å²) in [5.74, 6) is 0.836. The Hall–Kier alpha value is -1.55. The van der Waals surface area contributed by atoms with Gasteiger partial charge in [0.1, 0.15) is 11.9 Å². The number of ether oxygens (including phenoxy) is 1. The molecule has 21 heavy (non-hydrogen) atoms. The van der Waals surface area contributed by atoms with Gasteiger partial charge >= 0.3 is 0 Å². The van der Waals surface area contributed by atoms with Crippen LogP contribution in [0, 0.1) is 11.3 Å². The molecule has 1 aromatic carbocycles. The Balaban J connectivity index is 1.82. The Morgan fingerprint density at radius 3 is 2.76 bits per heavy atom. The molecule has 0 saturated heterocycles. The number of hydrogen-bond acceptors (Lipinski definition) is 3. The lowest BCUT2D eigenvalue weighted by Gasteiger charge is -2.24. The van der Waals surface area contributed by atoms with E-state index in [1.165, 1.54) is 5.56 Å². The van der Waals surface area contributed by atoms with E-state index in [0.717, 1.165) is 18.6 Å². The van der Waals surface area contributed by atoms with Gasteiger partial charge in [-0.1, -0.05) is 39.0 Å². The van der Waals surface area contributed by atoms with E-state index in [-0.39, 0.29) is 23.3 Å². The Morgan fingerprint density at radius 2 is 2.14 bits per heavy atom. The highest BCUT2D eigenvalue weighted by Crippen LogP contribution is 2.28. The minimum atomic E-state index is -0.131. The molecular formula is C17H26N2O2. The van der Waals surface area contributed by atoms with Crippen LogP contribution in [-0.2, 0) is 11.2 Å². The molecule has 116 valence electrons. The summed E-state index contributed by atoms with van der Waals surface area (Å²) in [5, 5.41) is 2.99. The lowest BCUT2D eigenvalue weighted by atomic mass is 9.84. The van der Waals surface area contributed by atoms with Gasteiger partial charge in [0, 0.05) is 13.0 Å². The fraction of sp³-hybridized carbons (Fsp3) is 0.588. The topological polar surface area (TPSA) is 64.4 Å². The summed E-state index contributed by atoms with van der Waals surface area (Å²) in [7, 11) is 0. The third kappa shape index (κ3) is 4.46. The second-order valence-electron chi connectivity index (χ2n) is 6.99.